The topological polar surface area (TPSA) is 109 Å². The minimum Gasteiger partial charge on any atom is -0.478 e. The van der Waals surface area contributed by atoms with Gasteiger partial charge in [-0.05, 0) is 67.6 Å². The fourth-order valence-corrected chi connectivity index (χ4v) is 4.63. The van der Waals surface area contributed by atoms with E-state index in [1.165, 1.54) is 6.07 Å². The number of aromatic carboxylic acids is 1. The monoisotopic (exact) mass is 475 g/mol. The molecule has 2 heterocycles. The van der Waals surface area contributed by atoms with Gasteiger partial charge in [-0.25, -0.2) is 4.79 Å². The summed E-state index contributed by atoms with van der Waals surface area (Å²) >= 11 is 0.768. The van der Waals surface area contributed by atoms with E-state index in [0.717, 1.165) is 28.0 Å². The van der Waals surface area contributed by atoms with Gasteiger partial charge in [0, 0.05) is 17.1 Å². The maximum atomic E-state index is 12.9. The highest BCUT2D eigenvalue weighted by atomic mass is 32.2. The molecule has 34 heavy (non-hydrogen) atoms. The standard InChI is InChI=1S/C25H21N3O5S/c1-15-12-17(16(2)28(15)20-11-7-6-10-19(20)24(31)32)13-21-23(30)27(25(33)34-21)14-22(29)26-18-8-4-3-5-9-18/h3-13H,14H2,1-2H3,(H,26,29)(H,31,32)/b21-13-. The minimum atomic E-state index is -1.04. The van der Waals surface area contributed by atoms with Gasteiger partial charge in [0.05, 0.1) is 16.2 Å². The molecule has 3 aromatic rings. The molecule has 0 bridgehead atoms. The number of nitrogens with one attached hydrogen (secondary N) is 1. The molecular formula is C25H21N3O5S. The van der Waals surface area contributed by atoms with Crippen molar-refractivity contribution in [1.82, 2.24) is 9.47 Å². The van der Waals surface area contributed by atoms with Crippen LogP contribution >= 0.6 is 11.8 Å². The Balaban J connectivity index is 1.58. The zero-order valence-corrected chi connectivity index (χ0v) is 19.3. The van der Waals surface area contributed by atoms with E-state index in [1.54, 1.807) is 53.1 Å². The fraction of sp³-hybridized carbons (Fsp3) is 0.120. The summed E-state index contributed by atoms with van der Waals surface area (Å²) in [6.45, 7) is 3.26. The number of thioether (sulfide) groups is 1. The van der Waals surface area contributed by atoms with Gasteiger partial charge in [0.15, 0.2) is 0 Å². The van der Waals surface area contributed by atoms with Crippen molar-refractivity contribution >= 4 is 46.5 Å². The highest BCUT2D eigenvalue weighted by Gasteiger charge is 2.36. The second-order valence-electron chi connectivity index (χ2n) is 7.67. The Morgan fingerprint density at radius 1 is 1.03 bits per heavy atom. The van der Waals surface area contributed by atoms with Crippen LogP contribution in [0.15, 0.2) is 65.6 Å². The molecule has 0 unspecified atom stereocenters. The number of aromatic nitrogens is 1. The van der Waals surface area contributed by atoms with Crippen molar-refractivity contribution in [2.45, 2.75) is 13.8 Å². The molecular weight excluding hydrogens is 454 g/mol. The third kappa shape index (κ3) is 4.51. The number of nitrogens with zero attached hydrogens (tertiary/aromatic N) is 2. The average Bonchev–Trinajstić information content (AvgIpc) is 3.23. The average molecular weight is 476 g/mol. The van der Waals surface area contributed by atoms with Gasteiger partial charge >= 0.3 is 5.97 Å². The van der Waals surface area contributed by atoms with Crippen LogP contribution in [0.1, 0.15) is 27.3 Å². The molecule has 8 nitrogen and oxygen atoms in total. The van der Waals surface area contributed by atoms with E-state index in [1.807, 2.05) is 26.0 Å². The van der Waals surface area contributed by atoms with Gasteiger partial charge in [-0.3, -0.25) is 19.3 Å². The number of carbonyl (C=O) groups excluding carboxylic acids is 3. The molecule has 1 aliphatic rings. The lowest BCUT2D eigenvalue weighted by molar-refractivity contribution is -0.127. The Bertz CT molecular complexity index is 1340. The molecule has 0 atom stereocenters. The van der Waals surface area contributed by atoms with Gasteiger partial charge in [-0.2, -0.15) is 0 Å². The molecule has 0 radical (unpaired) electrons. The first-order chi connectivity index (χ1) is 16.3. The van der Waals surface area contributed by atoms with Crippen LogP contribution in [0.25, 0.3) is 11.8 Å². The smallest absolute Gasteiger partial charge is 0.337 e. The number of anilines is 1. The first kappa shape index (κ1) is 23.1. The summed E-state index contributed by atoms with van der Waals surface area (Å²) in [7, 11) is 0. The number of para-hydroxylation sites is 2. The summed E-state index contributed by atoms with van der Waals surface area (Å²) in [5.74, 6) is -2.06. The normalized spacial score (nSPS) is 14.6. The Labute approximate surface area is 199 Å². The molecule has 172 valence electrons. The number of carboxylic acid groups (broad SMARTS) is 1. The third-order valence-corrected chi connectivity index (χ3v) is 6.27. The number of benzene rings is 2. The second-order valence-corrected chi connectivity index (χ2v) is 8.66. The molecule has 3 amide bonds. The molecule has 2 aromatic carbocycles. The molecule has 4 rings (SSSR count). The van der Waals surface area contributed by atoms with Gasteiger partial charge in [0.2, 0.25) is 5.91 Å². The van der Waals surface area contributed by atoms with Crippen LogP contribution < -0.4 is 5.32 Å². The van der Waals surface area contributed by atoms with Crippen molar-refractivity contribution in [3.63, 3.8) is 0 Å². The van der Waals surface area contributed by atoms with E-state index in [-0.39, 0.29) is 17.0 Å². The van der Waals surface area contributed by atoms with Crippen LogP contribution in [-0.4, -0.2) is 44.1 Å². The number of aryl methyl sites for hydroxylation is 1. The van der Waals surface area contributed by atoms with Crippen LogP contribution in [0.4, 0.5) is 10.5 Å². The number of imide groups is 1. The van der Waals surface area contributed by atoms with E-state index in [2.05, 4.69) is 5.32 Å². The largest absolute Gasteiger partial charge is 0.478 e. The van der Waals surface area contributed by atoms with Gasteiger partial charge in [0.25, 0.3) is 11.1 Å². The van der Waals surface area contributed by atoms with Crippen LogP contribution in [-0.2, 0) is 9.59 Å². The summed E-state index contributed by atoms with van der Waals surface area (Å²) in [6, 6.07) is 17.3. The summed E-state index contributed by atoms with van der Waals surface area (Å²) in [6.07, 6.45) is 1.60. The molecule has 0 aliphatic carbocycles. The number of carbonyl (C=O) groups is 4. The van der Waals surface area contributed by atoms with E-state index in [9.17, 15) is 24.3 Å². The van der Waals surface area contributed by atoms with Gasteiger partial charge in [-0.15, -0.1) is 0 Å². The Morgan fingerprint density at radius 2 is 1.71 bits per heavy atom. The first-order valence-corrected chi connectivity index (χ1v) is 11.2. The molecule has 0 spiro atoms. The summed E-state index contributed by atoms with van der Waals surface area (Å²) in [4.78, 5) is 50.4. The molecule has 1 fully saturated rings. The van der Waals surface area contributed by atoms with Crippen molar-refractivity contribution in [2.75, 3.05) is 11.9 Å². The molecule has 1 aliphatic heterocycles. The maximum Gasteiger partial charge on any atom is 0.337 e. The Morgan fingerprint density at radius 3 is 2.41 bits per heavy atom. The Kier molecular flexibility index (Phi) is 6.38. The maximum absolute atomic E-state index is 12.9. The minimum absolute atomic E-state index is 0.153. The fourth-order valence-electron chi connectivity index (χ4n) is 3.80. The van der Waals surface area contributed by atoms with Gasteiger partial charge < -0.3 is 15.0 Å². The van der Waals surface area contributed by atoms with E-state index < -0.39 is 23.0 Å². The van der Waals surface area contributed by atoms with E-state index in [4.69, 9.17) is 0 Å². The third-order valence-electron chi connectivity index (χ3n) is 5.37. The van der Waals surface area contributed by atoms with Crippen LogP contribution in [0, 0.1) is 13.8 Å². The number of carboxylic acids is 1. The summed E-state index contributed by atoms with van der Waals surface area (Å²) < 4.78 is 1.80. The van der Waals surface area contributed by atoms with Crippen LogP contribution in [0.5, 0.6) is 0 Å². The highest BCUT2D eigenvalue weighted by molar-refractivity contribution is 8.18. The lowest BCUT2D eigenvalue weighted by atomic mass is 10.1. The molecule has 1 aromatic heterocycles. The van der Waals surface area contributed by atoms with Crippen molar-refractivity contribution < 1.29 is 24.3 Å². The summed E-state index contributed by atoms with van der Waals surface area (Å²) in [5.41, 5.74) is 3.41. The second kappa shape index (κ2) is 9.40. The van der Waals surface area contributed by atoms with Crippen LogP contribution in [0.3, 0.4) is 0 Å². The van der Waals surface area contributed by atoms with Crippen molar-refractivity contribution in [3.05, 3.63) is 88.1 Å². The van der Waals surface area contributed by atoms with Gasteiger partial charge in [0.1, 0.15) is 6.54 Å². The zero-order valence-electron chi connectivity index (χ0n) is 18.4. The first-order valence-electron chi connectivity index (χ1n) is 10.4. The van der Waals surface area contributed by atoms with E-state index in [0.29, 0.717) is 16.9 Å². The molecule has 2 N–H and O–H groups in total. The van der Waals surface area contributed by atoms with Crippen molar-refractivity contribution in [3.8, 4) is 5.69 Å². The van der Waals surface area contributed by atoms with Crippen LogP contribution in [0.2, 0.25) is 0 Å². The SMILES string of the molecule is Cc1cc(/C=C2\SC(=O)N(CC(=O)Nc3ccccc3)C2=O)c(C)n1-c1ccccc1C(=O)O. The number of amides is 3. The van der Waals surface area contributed by atoms with Gasteiger partial charge in [-0.1, -0.05) is 30.3 Å². The Hall–Kier alpha value is -4.11. The van der Waals surface area contributed by atoms with Crippen molar-refractivity contribution in [1.29, 1.82) is 0 Å². The number of hydrogen-bond acceptors (Lipinski definition) is 5. The highest BCUT2D eigenvalue weighted by Crippen LogP contribution is 2.34. The molecule has 0 saturated carbocycles. The summed E-state index contributed by atoms with van der Waals surface area (Å²) in [5, 5.41) is 11.7. The van der Waals surface area contributed by atoms with Crippen molar-refractivity contribution in [2.24, 2.45) is 0 Å². The molecule has 1 saturated heterocycles. The predicted molar refractivity (Wildman–Crippen MR) is 130 cm³/mol. The predicted octanol–water partition coefficient (Wildman–Crippen LogP) is 4.47. The van der Waals surface area contributed by atoms with E-state index >= 15 is 0 Å². The molecule has 9 heteroatoms. The lowest BCUT2D eigenvalue weighted by Crippen LogP contribution is -2.36. The lowest BCUT2D eigenvalue weighted by Gasteiger charge is -2.13. The number of rotatable bonds is 6. The zero-order chi connectivity index (χ0) is 24.4. The quantitative estimate of drug-likeness (QED) is 0.510. The number of hydrogen-bond donors (Lipinski definition) is 2.